The zero-order valence-corrected chi connectivity index (χ0v) is 17.1. The van der Waals surface area contributed by atoms with Crippen molar-refractivity contribution in [1.29, 1.82) is 0 Å². The second-order valence-electron chi connectivity index (χ2n) is 7.45. The second-order valence-corrected chi connectivity index (χ2v) is 9.71. The molecule has 1 unspecified atom stereocenters. The predicted molar refractivity (Wildman–Crippen MR) is 105 cm³/mol. The number of benzene rings is 2. The molecule has 1 heterocycles. The first-order chi connectivity index (χ1) is 14.0. The Hall–Kier alpha value is -2.39. The minimum absolute atomic E-state index is 0.0813. The zero-order valence-electron chi connectivity index (χ0n) is 16.3. The molecule has 2 aromatic rings. The van der Waals surface area contributed by atoms with Crippen molar-refractivity contribution in [1.82, 2.24) is 4.90 Å². The van der Waals surface area contributed by atoms with Crippen LogP contribution in [0.2, 0.25) is 0 Å². The number of aliphatic hydroxyl groups is 1. The zero-order chi connectivity index (χ0) is 22.1. The summed E-state index contributed by atoms with van der Waals surface area (Å²) in [5, 5.41) is 10.8. The summed E-state index contributed by atoms with van der Waals surface area (Å²) in [4.78, 5) is 13.9. The normalized spacial score (nSPS) is 15.6. The van der Waals surface area contributed by atoms with Gasteiger partial charge in [0.1, 0.15) is 15.9 Å². The number of hydrogen-bond donors (Lipinski definition) is 1. The van der Waals surface area contributed by atoms with Crippen LogP contribution in [-0.4, -0.2) is 42.9 Å². The first-order valence-electron chi connectivity index (χ1n) is 9.37. The Bertz CT molecular complexity index is 1030. The molecule has 3 rings (SSSR count). The third kappa shape index (κ3) is 5.20. The van der Waals surface area contributed by atoms with Gasteiger partial charge in [0, 0.05) is 25.8 Å². The number of carbonyl (C=O) groups excluding carboxylic acids is 1. The van der Waals surface area contributed by atoms with Gasteiger partial charge >= 0.3 is 6.18 Å². The Morgan fingerprint density at radius 1 is 1.17 bits per heavy atom. The molecule has 1 aliphatic rings. The largest absolute Gasteiger partial charge is 0.416 e. The van der Waals surface area contributed by atoms with Gasteiger partial charge in [-0.2, -0.15) is 13.2 Å². The van der Waals surface area contributed by atoms with Crippen molar-refractivity contribution in [2.45, 2.75) is 31.7 Å². The van der Waals surface area contributed by atoms with Gasteiger partial charge in [-0.05, 0) is 40.8 Å². The van der Waals surface area contributed by atoms with Gasteiger partial charge in [-0.3, -0.25) is 4.79 Å². The molecule has 2 aromatic carbocycles. The Labute approximate surface area is 173 Å². The molecule has 9 heteroatoms. The summed E-state index contributed by atoms with van der Waals surface area (Å²) >= 11 is 0. The molecule has 0 bridgehead atoms. The van der Waals surface area contributed by atoms with Crippen LogP contribution in [0.4, 0.5) is 13.2 Å². The van der Waals surface area contributed by atoms with Crippen LogP contribution in [0.25, 0.3) is 0 Å². The highest BCUT2D eigenvalue weighted by Gasteiger charge is 2.31. The average Bonchev–Trinajstić information content (AvgIpc) is 2.69. The molecule has 0 aromatic heterocycles. The SMILES string of the molecule is CS(=O)(=O)CCC(=O)N1CCc2c(cccc2C(O)c2ccc(C(F)(F)F)cc2)C1. The summed E-state index contributed by atoms with van der Waals surface area (Å²) in [6.45, 7) is 0.678. The molecule has 1 atom stereocenters. The van der Waals surface area contributed by atoms with Crippen LogP contribution in [0, 0.1) is 0 Å². The first-order valence-corrected chi connectivity index (χ1v) is 11.4. The Morgan fingerprint density at radius 2 is 1.83 bits per heavy atom. The van der Waals surface area contributed by atoms with Crippen molar-refractivity contribution in [3.63, 3.8) is 0 Å². The van der Waals surface area contributed by atoms with E-state index in [1.165, 1.54) is 12.1 Å². The van der Waals surface area contributed by atoms with Gasteiger partial charge in [0.2, 0.25) is 5.91 Å². The quantitative estimate of drug-likeness (QED) is 0.774. The maximum Gasteiger partial charge on any atom is 0.416 e. The molecule has 0 saturated carbocycles. The first kappa shape index (κ1) is 22.3. The molecular weight excluding hydrogens is 419 g/mol. The van der Waals surface area contributed by atoms with E-state index >= 15 is 0 Å². The molecule has 30 heavy (non-hydrogen) atoms. The number of aliphatic hydroxyl groups excluding tert-OH is 1. The summed E-state index contributed by atoms with van der Waals surface area (Å²) in [6, 6.07) is 9.68. The lowest BCUT2D eigenvalue weighted by Gasteiger charge is -2.31. The molecule has 0 fully saturated rings. The highest BCUT2D eigenvalue weighted by atomic mass is 32.2. The van der Waals surface area contributed by atoms with Crippen LogP contribution in [0.15, 0.2) is 42.5 Å². The number of alkyl halides is 3. The van der Waals surface area contributed by atoms with Crippen LogP contribution in [0.1, 0.15) is 40.3 Å². The van der Waals surface area contributed by atoms with Gasteiger partial charge in [0.05, 0.1) is 11.3 Å². The molecule has 0 saturated heterocycles. The minimum atomic E-state index is -4.44. The number of nitrogens with zero attached hydrogens (tertiary/aromatic N) is 1. The summed E-state index contributed by atoms with van der Waals surface area (Å²) in [7, 11) is -3.23. The van der Waals surface area contributed by atoms with Crippen molar-refractivity contribution in [2.75, 3.05) is 18.6 Å². The third-order valence-corrected chi connectivity index (χ3v) is 6.14. The summed E-state index contributed by atoms with van der Waals surface area (Å²) < 4.78 is 60.9. The van der Waals surface area contributed by atoms with Crippen LogP contribution in [-0.2, 0) is 33.8 Å². The van der Waals surface area contributed by atoms with E-state index in [9.17, 15) is 31.5 Å². The van der Waals surface area contributed by atoms with Gasteiger partial charge in [0.25, 0.3) is 0 Å². The highest BCUT2D eigenvalue weighted by Crippen LogP contribution is 2.33. The molecule has 1 aliphatic heterocycles. The van der Waals surface area contributed by atoms with E-state index < -0.39 is 27.7 Å². The molecule has 1 amide bonds. The molecule has 0 spiro atoms. The number of carbonyl (C=O) groups is 1. The number of sulfone groups is 1. The predicted octanol–water partition coefficient (Wildman–Crippen LogP) is 3.11. The lowest BCUT2D eigenvalue weighted by molar-refractivity contribution is -0.137. The van der Waals surface area contributed by atoms with Gasteiger partial charge in [-0.25, -0.2) is 8.42 Å². The van der Waals surface area contributed by atoms with Crippen molar-refractivity contribution < 1.29 is 31.5 Å². The smallest absolute Gasteiger partial charge is 0.384 e. The lowest BCUT2D eigenvalue weighted by atomic mass is 9.89. The number of rotatable bonds is 5. The summed E-state index contributed by atoms with van der Waals surface area (Å²) in [5.74, 6) is -0.457. The number of hydrogen-bond acceptors (Lipinski definition) is 4. The van der Waals surface area contributed by atoms with Gasteiger partial charge < -0.3 is 10.0 Å². The lowest BCUT2D eigenvalue weighted by Crippen LogP contribution is -2.37. The van der Waals surface area contributed by atoms with Crippen LogP contribution in [0.3, 0.4) is 0 Å². The summed E-state index contributed by atoms with van der Waals surface area (Å²) in [5.41, 5.74) is 1.85. The van der Waals surface area contributed by atoms with E-state index in [0.29, 0.717) is 30.6 Å². The maximum atomic E-state index is 12.8. The third-order valence-electron chi connectivity index (χ3n) is 5.19. The Morgan fingerprint density at radius 3 is 2.43 bits per heavy atom. The monoisotopic (exact) mass is 441 g/mol. The van der Waals surface area contributed by atoms with E-state index in [0.717, 1.165) is 29.5 Å². The molecule has 1 N–H and O–H groups in total. The fraction of sp³-hybridized carbons (Fsp3) is 0.381. The molecule has 0 aliphatic carbocycles. The molecule has 5 nitrogen and oxygen atoms in total. The average molecular weight is 441 g/mol. The number of halogens is 3. The van der Waals surface area contributed by atoms with Crippen molar-refractivity contribution in [3.05, 3.63) is 70.3 Å². The van der Waals surface area contributed by atoms with Crippen molar-refractivity contribution in [3.8, 4) is 0 Å². The van der Waals surface area contributed by atoms with Crippen molar-refractivity contribution >= 4 is 15.7 Å². The highest BCUT2D eigenvalue weighted by molar-refractivity contribution is 7.90. The molecule has 162 valence electrons. The second kappa shape index (κ2) is 8.39. The maximum absolute atomic E-state index is 12.8. The van der Waals surface area contributed by atoms with Crippen LogP contribution >= 0.6 is 0 Å². The van der Waals surface area contributed by atoms with Gasteiger partial charge in [0.15, 0.2) is 0 Å². The standard InChI is InChI=1S/C21H22F3NO4S/c1-30(28,29)12-10-19(26)25-11-9-17-15(13-25)3-2-4-18(17)20(27)14-5-7-16(8-6-14)21(22,23)24/h2-8,20,27H,9-13H2,1H3. The van der Waals surface area contributed by atoms with E-state index in [1.54, 1.807) is 17.0 Å². The minimum Gasteiger partial charge on any atom is -0.384 e. The fourth-order valence-corrected chi connectivity index (χ4v) is 4.12. The number of amides is 1. The van der Waals surface area contributed by atoms with Gasteiger partial charge in [-0.15, -0.1) is 0 Å². The van der Waals surface area contributed by atoms with E-state index in [-0.39, 0.29) is 18.1 Å². The summed E-state index contributed by atoms with van der Waals surface area (Å²) in [6.07, 6.45) is -4.06. The molecular formula is C21H22F3NO4S. The van der Waals surface area contributed by atoms with E-state index in [2.05, 4.69) is 0 Å². The van der Waals surface area contributed by atoms with Crippen LogP contribution in [0.5, 0.6) is 0 Å². The topological polar surface area (TPSA) is 74.7 Å². The van der Waals surface area contributed by atoms with E-state index in [4.69, 9.17) is 0 Å². The van der Waals surface area contributed by atoms with Gasteiger partial charge in [-0.1, -0.05) is 30.3 Å². The number of fused-ring (bicyclic) bond motifs is 1. The molecule has 0 radical (unpaired) electrons. The Kier molecular flexibility index (Phi) is 6.24. The van der Waals surface area contributed by atoms with Crippen LogP contribution < -0.4 is 0 Å². The Balaban J connectivity index is 1.78. The van der Waals surface area contributed by atoms with E-state index in [1.807, 2.05) is 6.07 Å². The van der Waals surface area contributed by atoms with Crippen molar-refractivity contribution in [2.24, 2.45) is 0 Å². The fourth-order valence-electron chi connectivity index (χ4n) is 3.57.